The van der Waals surface area contributed by atoms with Crippen LogP contribution in [0.15, 0.2) is 30.5 Å². The number of amides is 1. The largest absolute Gasteiger partial charge is 0.496 e. The number of piperazine rings is 1. The van der Waals surface area contributed by atoms with Crippen molar-refractivity contribution in [2.75, 3.05) is 31.6 Å². The molecule has 0 radical (unpaired) electrons. The molecule has 0 aliphatic carbocycles. The fourth-order valence-electron chi connectivity index (χ4n) is 3.97. The third-order valence-electron chi connectivity index (χ3n) is 5.53. The molecule has 0 spiro atoms. The molecule has 0 bridgehead atoms. The van der Waals surface area contributed by atoms with E-state index in [1.54, 1.807) is 30.1 Å². The SMILES string of the molecule is COc1cc(N2CCN(C(=O)Cn3nc(I)c4cccnc43)[C@@H](C)C2)c(F)cc1CI. The number of carbonyl (C=O) groups excluding carboxylic acids is 1. The van der Waals surface area contributed by atoms with Crippen LogP contribution in [-0.4, -0.2) is 58.4 Å². The van der Waals surface area contributed by atoms with Gasteiger partial charge in [0.15, 0.2) is 5.65 Å². The minimum atomic E-state index is -0.261. The number of carbonyl (C=O) groups is 1. The van der Waals surface area contributed by atoms with E-state index in [0.29, 0.717) is 41.1 Å². The number of hydrogen-bond acceptors (Lipinski definition) is 5. The Morgan fingerprint density at radius 2 is 2.16 bits per heavy atom. The van der Waals surface area contributed by atoms with Crippen molar-refractivity contribution in [2.45, 2.75) is 23.9 Å². The number of anilines is 1. The molecule has 1 aliphatic rings. The maximum Gasteiger partial charge on any atom is 0.244 e. The summed E-state index contributed by atoms with van der Waals surface area (Å²) in [6, 6.07) is 7.05. The number of alkyl halides is 1. The Hall–Kier alpha value is -1.70. The lowest BCUT2D eigenvalue weighted by Crippen LogP contribution is -2.55. The molecule has 1 atom stereocenters. The van der Waals surface area contributed by atoms with Gasteiger partial charge in [-0.15, -0.1) is 0 Å². The molecule has 7 nitrogen and oxygen atoms in total. The van der Waals surface area contributed by atoms with Crippen molar-refractivity contribution in [1.82, 2.24) is 19.7 Å². The van der Waals surface area contributed by atoms with Crippen LogP contribution >= 0.6 is 45.2 Å². The Balaban J connectivity index is 1.49. The summed E-state index contributed by atoms with van der Waals surface area (Å²) in [7, 11) is 1.60. The van der Waals surface area contributed by atoms with Crippen LogP contribution < -0.4 is 9.64 Å². The van der Waals surface area contributed by atoms with Crippen LogP contribution in [0.3, 0.4) is 0 Å². The summed E-state index contributed by atoms with van der Waals surface area (Å²) in [4.78, 5) is 21.2. The standard InChI is InChI=1S/C21H22FI2N5O2/c1-13-11-27(17-9-18(31-2)14(10-23)8-16(17)22)6-7-28(13)19(30)12-29-21-15(20(24)26-29)4-3-5-25-21/h3-5,8-9,13H,6-7,10-12H2,1-2H3/t13-/m0/s1. The van der Waals surface area contributed by atoms with Crippen LogP contribution in [-0.2, 0) is 15.8 Å². The predicted octanol–water partition coefficient (Wildman–Crippen LogP) is 3.86. The van der Waals surface area contributed by atoms with E-state index in [4.69, 9.17) is 4.74 Å². The maximum absolute atomic E-state index is 14.8. The second-order valence-corrected chi connectivity index (χ2v) is 9.24. The summed E-state index contributed by atoms with van der Waals surface area (Å²) in [5, 5.41) is 5.42. The Morgan fingerprint density at radius 1 is 1.35 bits per heavy atom. The normalized spacial score (nSPS) is 16.7. The summed E-state index contributed by atoms with van der Waals surface area (Å²) in [5.41, 5.74) is 2.05. The molecular weight excluding hydrogens is 627 g/mol. The van der Waals surface area contributed by atoms with Crippen molar-refractivity contribution >= 4 is 67.8 Å². The van der Waals surface area contributed by atoms with Gasteiger partial charge in [-0.25, -0.2) is 14.1 Å². The lowest BCUT2D eigenvalue weighted by molar-refractivity contribution is -0.134. The molecule has 2 aromatic heterocycles. The summed E-state index contributed by atoms with van der Waals surface area (Å²) < 4.78 is 23.3. The third-order valence-corrected chi connectivity index (χ3v) is 7.15. The zero-order chi connectivity index (χ0) is 22.1. The van der Waals surface area contributed by atoms with Gasteiger partial charge in [-0.2, -0.15) is 5.10 Å². The molecule has 1 saturated heterocycles. The van der Waals surface area contributed by atoms with Gasteiger partial charge in [-0.1, -0.05) is 22.6 Å². The molecule has 10 heteroatoms. The third kappa shape index (κ3) is 4.45. The number of ether oxygens (including phenoxy) is 1. The molecule has 0 saturated carbocycles. The first kappa shape index (κ1) is 22.5. The molecular formula is C21H22FI2N5O2. The Bertz CT molecular complexity index is 1120. The van der Waals surface area contributed by atoms with Crippen LogP contribution in [0.2, 0.25) is 0 Å². The van der Waals surface area contributed by atoms with E-state index < -0.39 is 0 Å². The van der Waals surface area contributed by atoms with Gasteiger partial charge in [-0.05, 0) is 47.7 Å². The smallest absolute Gasteiger partial charge is 0.244 e. The number of aromatic nitrogens is 3. The fourth-order valence-corrected chi connectivity index (χ4v) is 5.25. The van der Waals surface area contributed by atoms with Crippen molar-refractivity contribution in [2.24, 2.45) is 0 Å². The molecule has 0 unspecified atom stereocenters. The van der Waals surface area contributed by atoms with Gasteiger partial charge >= 0.3 is 0 Å². The van der Waals surface area contributed by atoms with Crippen LogP contribution in [0, 0.1) is 9.52 Å². The van der Waals surface area contributed by atoms with Crippen LogP contribution in [0.25, 0.3) is 11.0 Å². The van der Waals surface area contributed by atoms with Crippen molar-refractivity contribution in [3.05, 3.63) is 45.5 Å². The average molecular weight is 649 g/mol. The van der Waals surface area contributed by atoms with Gasteiger partial charge in [-0.3, -0.25) is 4.79 Å². The van der Waals surface area contributed by atoms with E-state index in [1.807, 2.05) is 28.9 Å². The zero-order valence-corrected chi connectivity index (χ0v) is 21.5. The zero-order valence-electron chi connectivity index (χ0n) is 17.2. The van der Waals surface area contributed by atoms with Gasteiger partial charge in [0.05, 0.1) is 18.2 Å². The molecule has 0 N–H and O–H groups in total. The lowest BCUT2D eigenvalue weighted by atomic mass is 10.1. The van der Waals surface area contributed by atoms with E-state index in [-0.39, 0.29) is 24.3 Å². The monoisotopic (exact) mass is 649 g/mol. The minimum Gasteiger partial charge on any atom is -0.496 e. The number of pyridine rings is 1. The summed E-state index contributed by atoms with van der Waals surface area (Å²) in [6.45, 7) is 3.73. The van der Waals surface area contributed by atoms with E-state index in [0.717, 1.165) is 14.7 Å². The van der Waals surface area contributed by atoms with Crippen molar-refractivity contribution < 1.29 is 13.9 Å². The molecule has 164 valence electrons. The van der Waals surface area contributed by atoms with Gasteiger partial charge in [0.2, 0.25) is 5.91 Å². The number of hydrogen-bond donors (Lipinski definition) is 0. The second-order valence-electron chi connectivity index (χ2n) is 7.45. The molecule has 1 aromatic carbocycles. The van der Waals surface area contributed by atoms with E-state index in [9.17, 15) is 9.18 Å². The lowest BCUT2D eigenvalue weighted by Gasteiger charge is -2.41. The highest BCUT2D eigenvalue weighted by atomic mass is 127. The topological polar surface area (TPSA) is 63.5 Å². The van der Waals surface area contributed by atoms with E-state index >= 15 is 0 Å². The molecule has 1 aliphatic heterocycles. The fraction of sp³-hybridized carbons (Fsp3) is 0.381. The number of methoxy groups -OCH3 is 1. The summed E-state index contributed by atoms with van der Waals surface area (Å²) in [6.07, 6.45) is 1.70. The number of rotatable bonds is 5. The highest BCUT2D eigenvalue weighted by Gasteiger charge is 2.30. The molecule has 3 aromatic rings. The van der Waals surface area contributed by atoms with Gasteiger partial charge in [0.1, 0.15) is 21.8 Å². The molecule has 3 heterocycles. The minimum absolute atomic E-state index is 0.0167. The first-order valence-corrected chi connectivity index (χ1v) is 12.5. The quantitative estimate of drug-likeness (QED) is 0.311. The number of benzene rings is 1. The highest BCUT2D eigenvalue weighted by Crippen LogP contribution is 2.32. The summed E-state index contributed by atoms with van der Waals surface area (Å²) >= 11 is 4.35. The molecule has 1 amide bonds. The van der Waals surface area contributed by atoms with Gasteiger partial charge in [0, 0.05) is 47.9 Å². The van der Waals surface area contributed by atoms with Gasteiger partial charge < -0.3 is 14.5 Å². The highest BCUT2D eigenvalue weighted by molar-refractivity contribution is 14.1. The van der Waals surface area contributed by atoms with Crippen LogP contribution in [0.5, 0.6) is 5.75 Å². The van der Waals surface area contributed by atoms with Crippen molar-refractivity contribution in [3.63, 3.8) is 0 Å². The molecule has 4 rings (SSSR count). The second kappa shape index (κ2) is 9.43. The van der Waals surface area contributed by atoms with Crippen LogP contribution in [0.4, 0.5) is 10.1 Å². The van der Waals surface area contributed by atoms with Crippen molar-refractivity contribution in [1.29, 1.82) is 0 Å². The Morgan fingerprint density at radius 3 is 2.87 bits per heavy atom. The Kier molecular flexibility index (Phi) is 6.84. The van der Waals surface area contributed by atoms with E-state index in [1.165, 1.54) is 0 Å². The average Bonchev–Trinajstić information content (AvgIpc) is 3.08. The summed E-state index contributed by atoms with van der Waals surface area (Å²) in [5.74, 6) is 0.407. The van der Waals surface area contributed by atoms with E-state index in [2.05, 4.69) is 55.3 Å². The number of halogens is 3. The van der Waals surface area contributed by atoms with Gasteiger partial charge in [0.25, 0.3) is 0 Å². The predicted molar refractivity (Wildman–Crippen MR) is 134 cm³/mol. The maximum atomic E-state index is 14.8. The Labute approximate surface area is 207 Å². The van der Waals surface area contributed by atoms with Crippen molar-refractivity contribution in [3.8, 4) is 5.75 Å². The van der Waals surface area contributed by atoms with Crippen LogP contribution in [0.1, 0.15) is 12.5 Å². The first-order valence-electron chi connectivity index (χ1n) is 9.86. The first-order chi connectivity index (χ1) is 14.9. The number of nitrogens with zero attached hydrogens (tertiary/aromatic N) is 5. The molecule has 1 fully saturated rings. The molecule has 31 heavy (non-hydrogen) atoms. The number of fused-ring (bicyclic) bond motifs is 1.